The fraction of sp³-hybridized carbons (Fsp3) is 0.412. The second-order valence-electron chi connectivity index (χ2n) is 6.18. The van der Waals surface area contributed by atoms with Gasteiger partial charge in [0.15, 0.2) is 0 Å². The van der Waals surface area contributed by atoms with Crippen molar-refractivity contribution in [2.75, 3.05) is 13.1 Å². The van der Waals surface area contributed by atoms with Crippen molar-refractivity contribution < 1.29 is 9.59 Å². The Morgan fingerprint density at radius 3 is 2.95 bits per heavy atom. The van der Waals surface area contributed by atoms with Gasteiger partial charge in [-0.2, -0.15) is 0 Å². The van der Waals surface area contributed by atoms with E-state index in [9.17, 15) is 9.59 Å². The third kappa shape index (κ3) is 2.58. The van der Waals surface area contributed by atoms with E-state index in [1.807, 2.05) is 30.5 Å². The first-order valence-electron chi connectivity index (χ1n) is 7.72. The van der Waals surface area contributed by atoms with Crippen LogP contribution in [-0.2, 0) is 4.79 Å². The summed E-state index contributed by atoms with van der Waals surface area (Å²) >= 11 is 0. The first kappa shape index (κ1) is 14.6. The number of para-hydroxylation sites is 1. The Balaban J connectivity index is 1.95. The number of benzene rings is 1. The highest BCUT2D eigenvalue weighted by atomic mass is 16.2. The van der Waals surface area contributed by atoms with E-state index in [0.29, 0.717) is 31.0 Å². The van der Waals surface area contributed by atoms with Gasteiger partial charge in [-0.3, -0.25) is 9.59 Å². The van der Waals surface area contributed by atoms with Crippen molar-refractivity contribution in [2.24, 2.45) is 5.92 Å². The van der Waals surface area contributed by atoms with Crippen molar-refractivity contribution in [1.29, 1.82) is 0 Å². The topological polar surface area (TPSA) is 65.2 Å². The van der Waals surface area contributed by atoms with E-state index in [0.717, 1.165) is 10.9 Å². The molecule has 1 aromatic carbocycles. The second kappa shape index (κ2) is 5.83. The van der Waals surface area contributed by atoms with Crippen LogP contribution in [0.3, 0.4) is 0 Å². The Bertz CT molecular complexity index is 705. The standard InChI is InChI=1S/C17H21N3O2/c1-11(2)10-14-16(21)19-8-9-20(14)17(22)13-5-3-4-12-6-7-18-15(12)13/h3-7,11,14,18H,8-10H2,1-2H3,(H,19,21)/t14-/m1/s1. The lowest BCUT2D eigenvalue weighted by Crippen LogP contribution is -2.57. The van der Waals surface area contributed by atoms with Gasteiger partial charge in [-0.05, 0) is 24.5 Å². The van der Waals surface area contributed by atoms with Crippen LogP contribution in [0.25, 0.3) is 10.9 Å². The lowest BCUT2D eigenvalue weighted by atomic mass is 9.99. The zero-order valence-electron chi connectivity index (χ0n) is 12.9. The summed E-state index contributed by atoms with van der Waals surface area (Å²) in [7, 11) is 0. The minimum Gasteiger partial charge on any atom is -0.361 e. The normalized spacial score (nSPS) is 18.8. The highest BCUT2D eigenvalue weighted by Crippen LogP contribution is 2.22. The summed E-state index contributed by atoms with van der Waals surface area (Å²) in [6.07, 6.45) is 2.51. The number of hydrogen-bond donors (Lipinski definition) is 2. The number of rotatable bonds is 3. The van der Waals surface area contributed by atoms with Gasteiger partial charge in [0.25, 0.3) is 5.91 Å². The van der Waals surface area contributed by atoms with Crippen molar-refractivity contribution >= 4 is 22.7 Å². The summed E-state index contributed by atoms with van der Waals surface area (Å²) in [5, 5.41) is 3.87. The lowest BCUT2D eigenvalue weighted by molar-refractivity contribution is -0.128. The van der Waals surface area contributed by atoms with E-state index in [-0.39, 0.29) is 17.9 Å². The number of aromatic amines is 1. The van der Waals surface area contributed by atoms with Crippen molar-refractivity contribution in [3.8, 4) is 0 Å². The minimum absolute atomic E-state index is 0.0491. The predicted octanol–water partition coefficient (Wildman–Crippen LogP) is 2.15. The summed E-state index contributed by atoms with van der Waals surface area (Å²) in [6, 6.07) is 7.23. The van der Waals surface area contributed by atoms with Gasteiger partial charge in [0.1, 0.15) is 6.04 Å². The van der Waals surface area contributed by atoms with E-state index in [1.54, 1.807) is 4.90 Å². The minimum atomic E-state index is -0.383. The van der Waals surface area contributed by atoms with Crippen LogP contribution in [0.5, 0.6) is 0 Å². The molecule has 3 rings (SSSR count). The number of nitrogens with zero attached hydrogens (tertiary/aromatic N) is 1. The number of carbonyl (C=O) groups excluding carboxylic acids is 2. The summed E-state index contributed by atoms with van der Waals surface area (Å²) in [5.74, 6) is 0.228. The molecule has 2 heterocycles. The van der Waals surface area contributed by atoms with Crippen LogP contribution in [0, 0.1) is 5.92 Å². The van der Waals surface area contributed by atoms with Crippen molar-refractivity contribution in [3.05, 3.63) is 36.0 Å². The molecule has 1 saturated heterocycles. The van der Waals surface area contributed by atoms with Crippen molar-refractivity contribution in [2.45, 2.75) is 26.3 Å². The molecule has 0 spiro atoms. The number of aromatic nitrogens is 1. The van der Waals surface area contributed by atoms with Gasteiger partial charge in [0.05, 0.1) is 11.1 Å². The molecule has 1 atom stereocenters. The first-order valence-corrected chi connectivity index (χ1v) is 7.72. The predicted molar refractivity (Wildman–Crippen MR) is 85.6 cm³/mol. The summed E-state index contributed by atoms with van der Waals surface area (Å²) in [5.41, 5.74) is 1.47. The molecule has 0 saturated carbocycles. The van der Waals surface area contributed by atoms with Gasteiger partial charge in [-0.25, -0.2) is 0 Å². The lowest BCUT2D eigenvalue weighted by Gasteiger charge is -2.36. The number of H-pyrrole nitrogens is 1. The van der Waals surface area contributed by atoms with Gasteiger partial charge >= 0.3 is 0 Å². The molecule has 0 bridgehead atoms. The molecular weight excluding hydrogens is 278 g/mol. The SMILES string of the molecule is CC(C)C[C@@H]1C(=O)NCCN1C(=O)c1cccc2cc[nH]c12. The first-order chi connectivity index (χ1) is 10.6. The van der Waals surface area contributed by atoms with Gasteiger partial charge in [0.2, 0.25) is 5.91 Å². The number of nitrogens with one attached hydrogen (secondary N) is 2. The Morgan fingerprint density at radius 1 is 1.36 bits per heavy atom. The van der Waals surface area contributed by atoms with Gasteiger partial charge in [0, 0.05) is 24.7 Å². The smallest absolute Gasteiger partial charge is 0.256 e. The van der Waals surface area contributed by atoms with Crippen LogP contribution < -0.4 is 5.32 Å². The van der Waals surface area contributed by atoms with Gasteiger partial charge < -0.3 is 15.2 Å². The molecule has 5 nitrogen and oxygen atoms in total. The second-order valence-corrected chi connectivity index (χ2v) is 6.18. The van der Waals surface area contributed by atoms with Crippen LogP contribution in [0.4, 0.5) is 0 Å². The Labute approximate surface area is 129 Å². The molecule has 0 radical (unpaired) electrons. The van der Waals surface area contributed by atoms with Crippen LogP contribution in [0.2, 0.25) is 0 Å². The highest BCUT2D eigenvalue weighted by Gasteiger charge is 2.34. The molecule has 2 N–H and O–H groups in total. The molecule has 5 heteroatoms. The summed E-state index contributed by atoms with van der Waals surface area (Å²) < 4.78 is 0. The van der Waals surface area contributed by atoms with Crippen molar-refractivity contribution in [3.63, 3.8) is 0 Å². The number of hydrogen-bond acceptors (Lipinski definition) is 2. The maximum Gasteiger partial charge on any atom is 0.256 e. The van der Waals surface area contributed by atoms with Crippen LogP contribution in [0.15, 0.2) is 30.5 Å². The van der Waals surface area contributed by atoms with Crippen LogP contribution in [-0.4, -0.2) is 40.8 Å². The van der Waals surface area contributed by atoms with E-state index < -0.39 is 0 Å². The molecule has 0 aliphatic carbocycles. The third-order valence-corrected chi connectivity index (χ3v) is 4.10. The zero-order valence-corrected chi connectivity index (χ0v) is 12.9. The van der Waals surface area contributed by atoms with Crippen molar-refractivity contribution in [1.82, 2.24) is 15.2 Å². The Morgan fingerprint density at radius 2 is 2.18 bits per heavy atom. The molecule has 2 amide bonds. The molecule has 0 unspecified atom stereocenters. The maximum absolute atomic E-state index is 13.0. The maximum atomic E-state index is 13.0. The van der Waals surface area contributed by atoms with E-state index in [1.165, 1.54) is 0 Å². The molecule has 1 aliphatic heterocycles. The monoisotopic (exact) mass is 299 g/mol. The van der Waals surface area contributed by atoms with Crippen LogP contribution >= 0.6 is 0 Å². The summed E-state index contributed by atoms with van der Waals surface area (Å²) in [6.45, 7) is 5.20. The molecular formula is C17H21N3O2. The molecule has 1 aromatic heterocycles. The number of piperazine rings is 1. The van der Waals surface area contributed by atoms with Gasteiger partial charge in [-0.15, -0.1) is 0 Å². The Kier molecular flexibility index (Phi) is 3.88. The van der Waals surface area contributed by atoms with E-state index >= 15 is 0 Å². The fourth-order valence-electron chi connectivity index (χ4n) is 3.06. The average Bonchev–Trinajstić information content (AvgIpc) is 2.96. The van der Waals surface area contributed by atoms with E-state index in [4.69, 9.17) is 0 Å². The average molecular weight is 299 g/mol. The largest absolute Gasteiger partial charge is 0.361 e. The number of carbonyl (C=O) groups is 2. The molecule has 1 fully saturated rings. The van der Waals surface area contributed by atoms with Gasteiger partial charge in [-0.1, -0.05) is 26.0 Å². The summed E-state index contributed by atoms with van der Waals surface area (Å²) in [4.78, 5) is 30.0. The fourth-order valence-corrected chi connectivity index (χ4v) is 3.06. The quantitative estimate of drug-likeness (QED) is 0.912. The Hall–Kier alpha value is -2.30. The molecule has 22 heavy (non-hydrogen) atoms. The molecule has 2 aromatic rings. The zero-order chi connectivity index (χ0) is 15.7. The van der Waals surface area contributed by atoms with E-state index in [2.05, 4.69) is 24.1 Å². The molecule has 1 aliphatic rings. The van der Waals surface area contributed by atoms with Crippen LogP contribution in [0.1, 0.15) is 30.6 Å². The number of fused-ring (bicyclic) bond motifs is 1. The third-order valence-electron chi connectivity index (χ3n) is 4.10. The highest BCUT2D eigenvalue weighted by molar-refractivity contribution is 6.07. The molecule has 116 valence electrons. The number of amides is 2.